The molecule has 88 valence electrons. The minimum atomic E-state index is 0.0275. The zero-order chi connectivity index (χ0) is 12.1. The van der Waals surface area contributed by atoms with Gasteiger partial charge in [-0.2, -0.15) is 15.0 Å². The molecule has 0 atom stereocenters. The van der Waals surface area contributed by atoms with E-state index in [0.29, 0.717) is 6.61 Å². The smallest absolute Gasteiger partial charge is 0.322 e. The molecule has 0 N–H and O–H groups in total. The number of aromatic nitrogens is 3. The van der Waals surface area contributed by atoms with Gasteiger partial charge in [0.25, 0.3) is 0 Å². The summed E-state index contributed by atoms with van der Waals surface area (Å²) in [5.74, 6) is 0. The topological polar surface area (TPSA) is 47.9 Å². The predicted molar refractivity (Wildman–Crippen MR) is 65.5 cm³/mol. The first-order valence-electron chi connectivity index (χ1n) is 4.98. The van der Waals surface area contributed by atoms with Crippen LogP contribution in [0.1, 0.15) is 5.56 Å². The highest BCUT2D eigenvalue weighted by Crippen LogP contribution is 2.11. The average molecular weight is 270 g/mol. The molecule has 0 unspecified atom stereocenters. The second kappa shape index (κ2) is 5.80. The standard InChI is InChI=1S/C11H9Cl2N3O/c12-9-14-10(13)16-11(15-9)17-7-6-8-4-2-1-3-5-8/h1-5H,6-7H2. The summed E-state index contributed by atoms with van der Waals surface area (Å²) < 4.78 is 5.34. The minimum absolute atomic E-state index is 0.0275. The van der Waals surface area contributed by atoms with Crippen molar-refractivity contribution in [2.24, 2.45) is 0 Å². The van der Waals surface area contributed by atoms with Crippen LogP contribution in [0.4, 0.5) is 0 Å². The lowest BCUT2D eigenvalue weighted by molar-refractivity contribution is 0.295. The van der Waals surface area contributed by atoms with E-state index in [1.54, 1.807) is 0 Å². The lowest BCUT2D eigenvalue weighted by Gasteiger charge is -2.04. The van der Waals surface area contributed by atoms with Crippen LogP contribution in [0, 0.1) is 0 Å². The molecule has 1 aromatic carbocycles. The molecule has 17 heavy (non-hydrogen) atoms. The Morgan fingerprint density at radius 1 is 0.941 bits per heavy atom. The Hall–Kier alpha value is -1.39. The van der Waals surface area contributed by atoms with Gasteiger partial charge in [-0.25, -0.2) is 0 Å². The van der Waals surface area contributed by atoms with Gasteiger partial charge in [0.15, 0.2) is 0 Å². The number of rotatable bonds is 4. The van der Waals surface area contributed by atoms with Gasteiger partial charge < -0.3 is 4.74 Å². The number of hydrogen-bond acceptors (Lipinski definition) is 4. The van der Waals surface area contributed by atoms with Crippen molar-refractivity contribution in [1.82, 2.24) is 15.0 Å². The van der Waals surface area contributed by atoms with Crippen LogP contribution < -0.4 is 4.74 Å². The zero-order valence-corrected chi connectivity index (χ0v) is 10.3. The number of benzene rings is 1. The van der Waals surface area contributed by atoms with Gasteiger partial charge in [-0.15, -0.1) is 0 Å². The van der Waals surface area contributed by atoms with Gasteiger partial charge in [-0.3, -0.25) is 0 Å². The van der Waals surface area contributed by atoms with Crippen molar-refractivity contribution in [3.63, 3.8) is 0 Å². The molecule has 2 aromatic rings. The van der Waals surface area contributed by atoms with Crippen molar-refractivity contribution >= 4 is 23.2 Å². The van der Waals surface area contributed by atoms with Crippen LogP contribution in [0.5, 0.6) is 6.01 Å². The summed E-state index contributed by atoms with van der Waals surface area (Å²) >= 11 is 11.2. The van der Waals surface area contributed by atoms with Crippen LogP contribution >= 0.6 is 23.2 Å². The molecule has 0 aliphatic carbocycles. The van der Waals surface area contributed by atoms with Crippen molar-refractivity contribution in [3.8, 4) is 6.01 Å². The highest BCUT2D eigenvalue weighted by atomic mass is 35.5. The molecule has 0 aliphatic heterocycles. The fraction of sp³-hybridized carbons (Fsp3) is 0.182. The SMILES string of the molecule is Clc1nc(Cl)nc(OCCc2ccccc2)n1. The molecule has 0 fully saturated rings. The van der Waals surface area contributed by atoms with Crippen molar-refractivity contribution in [3.05, 3.63) is 46.5 Å². The maximum absolute atomic E-state index is 5.62. The third-order valence-corrected chi connectivity index (χ3v) is 2.36. The van der Waals surface area contributed by atoms with Crippen molar-refractivity contribution in [2.45, 2.75) is 6.42 Å². The second-order valence-corrected chi connectivity index (χ2v) is 3.92. The molecule has 0 saturated carbocycles. The van der Waals surface area contributed by atoms with Crippen LogP contribution in [-0.2, 0) is 6.42 Å². The van der Waals surface area contributed by atoms with E-state index in [1.807, 2.05) is 30.3 Å². The molecule has 0 bridgehead atoms. The Bertz CT molecular complexity index is 473. The Morgan fingerprint density at radius 2 is 1.59 bits per heavy atom. The molecule has 0 radical (unpaired) electrons. The van der Waals surface area contributed by atoms with Crippen molar-refractivity contribution in [2.75, 3.05) is 6.61 Å². The summed E-state index contributed by atoms with van der Waals surface area (Å²) in [6.07, 6.45) is 0.766. The van der Waals surface area contributed by atoms with Gasteiger partial charge in [0.2, 0.25) is 10.6 Å². The van der Waals surface area contributed by atoms with Crippen LogP contribution in [0.25, 0.3) is 0 Å². The largest absolute Gasteiger partial charge is 0.463 e. The molecular weight excluding hydrogens is 261 g/mol. The highest BCUT2D eigenvalue weighted by molar-refractivity contribution is 6.31. The van der Waals surface area contributed by atoms with Gasteiger partial charge in [0.1, 0.15) is 0 Å². The van der Waals surface area contributed by atoms with Crippen LogP contribution in [0.3, 0.4) is 0 Å². The van der Waals surface area contributed by atoms with E-state index in [0.717, 1.165) is 6.42 Å². The quantitative estimate of drug-likeness (QED) is 0.857. The summed E-state index contributed by atoms with van der Waals surface area (Å²) in [5.41, 5.74) is 1.18. The Morgan fingerprint density at radius 3 is 2.24 bits per heavy atom. The predicted octanol–water partition coefficient (Wildman–Crippen LogP) is 2.80. The van der Waals surface area contributed by atoms with E-state index in [1.165, 1.54) is 5.56 Å². The molecule has 0 amide bonds. The maximum atomic E-state index is 5.62. The first-order valence-corrected chi connectivity index (χ1v) is 5.73. The number of halogens is 2. The van der Waals surface area contributed by atoms with Crippen molar-refractivity contribution < 1.29 is 4.74 Å². The lowest BCUT2D eigenvalue weighted by atomic mass is 10.2. The Balaban J connectivity index is 1.90. The zero-order valence-electron chi connectivity index (χ0n) is 8.81. The number of hydrogen-bond donors (Lipinski definition) is 0. The van der Waals surface area contributed by atoms with E-state index >= 15 is 0 Å². The van der Waals surface area contributed by atoms with Crippen molar-refractivity contribution in [1.29, 1.82) is 0 Å². The number of nitrogens with zero attached hydrogens (tertiary/aromatic N) is 3. The highest BCUT2D eigenvalue weighted by Gasteiger charge is 2.03. The molecule has 0 spiro atoms. The van der Waals surface area contributed by atoms with E-state index in [-0.39, 0.29) is 16.6 Å². The Labute approximate surface area is 109 Å². The fourth-order valence-corrected chi connectivity index (χ4v) is 1.63. The first kappa shape index (κ1) is 12.1. The van der Waals surface area contributed by atoms with E-state index in [4.69, 9.17) is 27.9 Å². The van der Waals surface area contributed by atoms with Crippen LogP contribution in [0.15, 0.2) is 30.3 Å². The summed E-state index contributed by atoms with van der Waals surface area (Å²) in [5, 5.41) is 0.0550. The second-order valence-electron chi connectivity index (χ2n) is 3.24. The van der Waals surface area contributed by atoms with E-state index in [9.17, 15) is 0 Å². The molecule has 2 rings (SSSR count). The summed E-state index contributed by atoms with van der Waals surface area (Å²) in [6, 6.07) is 10.1. The summed E-state index contributed by atoms with van der Waals surface area (Å²) in [7, 11) is 0. The summed E-state index contributed by atoms with van der Waals surface area (Å²) in [6.45, 7) is 0.459. The van der Waals surface area contributed by atoms with E-state index in [2.05, 4.69) is 15.0 Å². The Kier molecular flexibility index (Phi) is 4.12. The molecule has 0 saturated heterocycles. The van der Waals surface area contributed by atoms with Gasteiger partial charge >= 0.3 is 6.01 Å². The van der Waals surface area contributed by atoms with Crippen LogP contribution in [-0.4, -0.2) is 21.6 Å². The van der Waals surface area contributed by atoms with Gasteiger partial charge in [0, 0.05) is 6.42 Å². The molecule has 4 nitrogen and oxygen atoms in total. The third-order valence-electron chi connectivity index (χ3n) is 2.03. The normalized spacial score (nSPS) is 10.2. The molecule has 0 aliphatic rings. The monoisotopic (exact) mass is 269 g/mol. The van der Waals surface area contributed by atoms with Crippen LogP contribution in [0.2, 0.25) is 10.6 Å². The van der Waals surface area contributed by atoms with Gasteiger partial charge in [-0.1, -0.05) is 30.3 Å². The molecule has 1 heterocycles. The van der Waals surface area contributed by atoms with Gasteiger partial charge in [0.05, 0.1) is 6.61 Å². The van der Waals surface area contributed by atoms with E-state index < -0.39 is 0 Å². The fourth-order valence-electron chi connectivity index (χ4n) is 1.28. The molecule has 6 heteroatoms. The lowest BCUT2D eigenvalue weighted by Crippen LogP contribution is -2.05. The molecule has 1 aromatic heterocycles. The minimum Gasteiger partial charge on any atom is -0.463 e. The average Bonchev–Trinajstić information content (AvgIpc) is 2.29. The van der Waals surface area contributed by atoms with Gasteiger partial charge in [-0.05, 0) is 28.8 Å². The number of ether oxygens (including phenoxy) is 1. The third kappa shape index (κ3) is 3.84. The first-order chi connectivity index (χ1) is 8.24. The molecular formula is C11H9Cl2N3O. The summed E-state index contributed by atoms with van der Waals surface area (Å²) in [4.78, 5) is 11.2. The maximum Gasteiger partial charge on any atom is 0.322 e.